The van der Waals surface area contributed by atoms with Crippen LogP contribution in [0.1, 0.15) is 123 Å². The summed E-state index contributed by atoms with van der Waals surface area (Å²) in [6.45, 7) is 28.0. The Labute approximate surface area is 419 Å². The van der Waals surface area contributed by atoms with Crippen molar-refractivity contribution in [2.24, 2.45) is 16.9 Å². The van der Waals surface area contributed by atoms with E-state index in [4.69, 9.17) is 45.0 Å². The number of carboxylic acids is 1. The lowest BCUT2D eigenvalue weighted by Crippen LogP contribution is -2.47. The molecule has 18 nitrogen and oxygen atoms in total. The van der Waals surface area contributed by atoms with Crippen molar-refractivity contribution < 1.29 is 66.7 Å². The first-order chi connectivity index (χ1) is 30.3. The van der Waals surface area contributed by atoms with Crippen LogP contribution in [0.15, 0.2) is 12.4 Å². The van der Waals surface area contributed by atoms with Gasteiger partial charge in [-0.05, 0) is 68.2 Å². The number of halogens is 4. The summed E-state index contributed by atoms with van der Waals surface area (Å²) in [5, 5.41) is 16.1. The Morgan fingerprint density at radius 3 is 1.30 bits per heavy atom. The van der Waals surface area contributed by atoms with E-state index in [-0.39, 0.29) is 65.3 Å². The number of carbonyl (C=O) groups excluding carboxylic acids is 5. The molecular formula is C44H85Br3FN5O13. The second-order valence-electron chi connectivity index (χ2n) is 16.4. The Bertz CT molecular complexity index is 1280. The molecule has 0 aromatic carbocycles. The predicted molar refractivity (Wildman–Crippen MR) is 267 cm³/mol. The van der Waals surface area contributed by atoms with E-state index in [2.05, 4.69) is 98.0 Å². The molecule has 66 heavy (non-hydrogen) atoms. The number of carbonyl (C=O) groups is 6. The molecule has 8 N–H and O–H groups in total. The standard InChI is InChI=1S/C32H56Br3N5O11.C4H7FO2.2C3H8.C2H6/c1-22(36)38-10-8-9-23(37)25(42)40-12-14-47-16-15-46-13-11-39-24(41)17-48-18-32(19-49-26(43)29(2,3)33,20-50-27(44)30(4,5)34)21-51-28(45)31(6,7)35;1-4(2,5)3(6)7;2*1-3-2;1-2/h23,38H,1,8-21,36-37H2,2-7H3,(H,39,41)(H,40,42);1-2H3,(H,6,7);2*3H2,1-2H3;1-2H3. The van der Waals surface area contributed by atoms with Crippen molar-refractivity contribution in [3.8, 4) is 0 Å². The van der Waals surface area contributed by atoms with Gasteiger partial charge in [0.2, 0.25) is 17.5 Å². The van der Waals surface area contributed by atoms with E-state index in [0.29, 0.717) is 31.8 Å². The summed E-state index contributed by atoms with van der Waals surface area (Å²) in [6, 6.07) is -0.631. The van der Waals surface area contributed by atoms with Crippen molar-refractivity contribution in [3.05, 3.63) is 12.4 Å². The number of rotatable bonds is 29. The molecule has 0 radical (unpaired) electrons. The number of aliphatic carboxylic acids is 1. The van der Waals surface area contributed by atoms with Crippen molar-refractivity contribution in [1.82, 2.24) is 16.0 Å². The maximum Gasteiger partial charge on any atom is 0.340 e. The van der Waals surface area contributed by atoms with Crippen LogP contribution in [0.2, 0.25) is 0 Å². The fraction of sp³-hybridized carbons (Fsp3) is 0.818. The van der Waals surface area contributed by atoms with Gasteiger partial charge in [-0.3, -0.25) is 24.0 Å². The fourth-order valence-corrected chi connectivity index (χ4v) is 3.84. The number of carboxylic acid groups (broad SMARTS) is 1. The van der Waals surface area contributed by atoms with Crippen LogP contribution in [0.5, 0.6) is 0 Å². The van der Waals surface area contributed by atoms with Gasteiger partial charge < -0.3 is 60.9 Å². The van der Waals surface area contributed by atoms with Crippen LogP contribution in [0, 0.1) is 5.41 Å². The monoisotopic (exact) mass is 1150 g/mol. The zero-order valence-corrected chi connectivity index (χ0v) is 46.9. The Kier molecular flexibility index (Phi) is 44.2. The first-order valence-corrected chi connectivity index (χ1v) is 24.4. The van der Waals surface area contributed by atoms with Crippen LogP contribution in [0.4, 0.5) is 4.39 Å². The van der Waals surface area contributed by atoms with Gasteiger partial charge in [-0.15, -0.1) is 0 Å². The Hall–Kier alpha value is -2.63. The zero-order chi connectivity index (χ0) is 52.8. The van der Waals surface area contributed by atoms with E-state index in [0.717, 1.165) is 13.8 Å². The maximum absolute atomic E-state index is 12.6. The smallest absolute Gasteiger partial charge is 0.340 e. The number of amides is 2. The molecular weight excluding hydrogens is 1070 g/mol. The zero-order valence-electron chi connectivity index (χ0n) is 42.1. The lowest BCUT2D eigenvalue weighted by Gasteiger charge is -2.34. The lowest BCUT2D eigenvalue weighted by molar-refractivity contribution is -0.170. The molecule has 1 atom stereocenters. The quantitative estimate of drug-likeness (QED) is 0.0210. The topological polar surface area (TPSA) is 266 Å². The minimum absolute atomic E-state index is 0.185. The van der Waals surface area contributed by atoms with Gasteiger partial charge in [-0.2, -0.15) is 0 Å². The van der Waals surface area contributed by atoms with E-state index in [1.54, 1.807) is 41.5 Å². The van der Waals surface area contributed by atoms with Gasteiger partial charge in [0.25, 0.3) is 0 Å². The van der Waals surface area contributed by atoms with Gasteiger partial charge in [0.05, 0.1) is 50.3 Å². The first kappa shape index (κ1) is 72.4. The molecule has 392 valence electrons. The van der Waals surface area contributed by atoms with Crippen LogP contribution in [-0.2, 0) is 57.2 Å². The molecule has 0 fully saturated rings. The van der Waals surface area contributed by atoms with E-state index in [1.165, 1.54) is 12.8 Å². The molecule has 0 aliphatic carbocycles. The molecule has 0 saturated heterocycles. The molecule has 0 aliphatic heterocycles. The molecule has 0 aromatic heterocycles. The molecule has 0 bridgehead atoms. The fourth-order valence-electron chi connectivity index (χ4n) is 3.50. The third-order valence-corrected chi connectivity index (χ3v) is 7.97. The van der Waals surface area contributed by atoms with E-state index in [9.17, 15) is 33.2 Å². The van der Waals surface area contributed by atoms with E-state index < -0.39 is 66.5 Å². The second-order valence-corrected chi connectivity index (χ2v) is 22.3. The first-order valence-electron chi connectivity index (χ1n) is 22.0. The summed E-state index contributed by atoms with van der Waals surface area (Å²) >= 11 is 9.75. The average molecular weight is 1150 g/mol. The van der Waals surface area contributed by atoms with Crippen molar-refractivity contribution in [1.29, 1.82) is 0 Å². The summed E-state index contributed by atoms with van der Waals surface area (Å²) in [6.07, 6.45) is 3.67. The Morgan fingerprint density at radius 1 is 0.636 bits per heavy atom. The van der Waals surface area contributed by atoms with E-state index in [1.807, 2.05) is 13.8 Å². The van der Waals surface area contributed by atoms with Gasteiger partial charge in [0.15, 0.2) is 0 Å². The predicted octanol–water partition coefficient (Wildman–Crippen LogP) is 6.21. The molecule has 0 heterocycles. The number of ether oxygens (including phenoxy) is 6. The number of hydrogen-bond donors (Lipinski definition) is 6. The Morgan fingerprint density at radius 2 is 0.985 bits per heavy atom. The highest BCUT2D eigenvalue weighted by atomic mass is 79.9. The number of nitrogens with one attached hydrogen (secondary N) is 3. The molecule has 0 aromatic rings. The van der Waals surface area contributed by atoms with E-state index >= 15 is 0 Å². The van der Waals surface area contributed by atoms with Crippen LogP contribution >= 0.6 is 47.8 Å². The van der Waals surface area contributed by atoms with Gasteiger partial charge >= 0.3 is 23.9 Å². The van der Waals surface area contributed by atoms with Crippen molar-refractivity contribution in [3.63, 3.8) is 0 Å². The Balaban J connectivity index is -0.000000715. The van der Waals surface area contributed by atoms with Crippen molar-refractivity contribution in [2.45, 2.75) is 147 Å². The summed E-state index contributed by atoms with van der Waals surface area (Å²) in [5.41, 5.74) is 7.85. The molecule has 0 rings (SSSR count). The van der Waals surface area contributed by atoms with Gasteiger partial charge in [0, 0.05) is 19.6 Å². The van der Waals surface area contributed by atoms with Gasteiger partial charge in [-0.1, -0.05) is 109 Å². The normalized spacial score (nSPS) is 11.7. The van der Waals surface area contributed by atoms with Crippen LogP contribution in [-0.4, -0.2) is 145 Å². The third-order valence-electron chi connectivity index (χ3n) is 7.00. The van der Waals surface area contributed by atoms with Crippen LogP contribution in [0.25, 0.3) is 0 Å². The summed E-state index contributed by atoms with van der Waals surface area (Å²) in [7, 11) is 0. The average Bonchev–Trinajstić information content (AvgIpc) is 3.20. The number of hydrogen-bond acceptors (Lipinski definition) is 15. The summed E-state index contributed by atoms with van der Waals surface area (Å²) in [5.74, 6) is -3.63. The number of nitrogens with two attached hydrogens (primary N) is 2. The van der Waals surface area contributed by atoms with Gasteiger partial charge in [0.1, 0.15) is 39.4 Å². The summed E-state index contributed by atoms with van der Waals surface area (Å²) < 4.78 is 41.9. The van der Waals surface area contributed by atoms with Crippen molar-refractivity contribution >= 4 is 83.5 Å². The largest absolute Gasteiger partial charge is 0.479 e. The van der Waals surface area contributed by atoms with Crippen LogP contribution < -0.4 is 27.4 Å². The maximum atomic E-state index is 12.6. The third kappa shape index (κ3) is 45.2. The molecule has 0 saturated carbocycles. The minimum atomic E-state index is -2.08. The number of alkyl halides is 4. The molecule has 1 unspecified atom stereocenters. The lowest BCUT2D eigenvalue weighted by atomic mass is 9.92. The summed E-state index contributed by atoms with van der Waals surface area (Å²) in [4.78, 5) is 71.9. The van der Waals surface area contributed by atoms with Crippen LogP contribution in [0.3, 0.4) is 0 Å². The SMILES string of the molecule is C=C(N)NCCCC(N)C(=O)NCCOCCOCCNC(=O)COCC(COC(=O)C(C)(C)Br)(COC(=O)C(C)(C)Br)COC(=O)C(C)(C)Br.CC.CC(C)(F)C(=O)O.CCC.CCC. The van der Waals surface area contributed by atoms with Crippen molar-refractivity contribution in [2.75, 3.05) is 79.1 Å². The minimum Gasteiger partial charge on any atom is -0.479 e. The highest BCUT2D eigenvalue weighted by molar-refractivity contribution is 9.10. The highest BCUT2D eigenvalue weighted by Crippen LogP contribution is 2.28. The molecule has 0 aliphatic rings. The molecule has 2 amide bonds. The molecule has 0 spiro atoms. The van der Waals surface area contributed by atoms with Gasteiger partial charge in [-0.25, -0.2) is 9.18 Å². The highest BCUT2D eigenvalue weighted by Gasteiger charge is 2.41. The molecule has 22 heteroatoms. The second kappa shape index (κ2) is 40.3. The number of esters is 3.